The Morgan fingerprint density at radius 2 is 1.95 bits per heavy atom. The van der Waals surface area contributed by atoms with Crippen molar-refractivity contribution in [3.63, 3.8) is 0 Å². The number of ether oxygens (including phenoxy) is 1. The maximum atomic E-state index is 12.9. The van der Waals surface area contributed by atoms with Gasteiger partial charge in [0.1, 0.15) is 10.6 Å². The summed E-state index contributed by atoms with van der Waals surface area (Å²) in [4.78, 5) is 0.287. The van der Waals surface area contributed by atoms with Crippen molar-refractivity contribution in [3.05, 3.63) is 23.3 Å². The van der Waals surface area contributed by atoms with E-state index in [1.54, 1.807) is 10.4 Å². The standard InChI is InChI=1S/C15H22N2O3S/c1-11-9-12-13(16)5-8-20-15(12)14(10-11)21(18,19)17-6-3-2-4-7-17/h9-10,13H,2-8,16H2,1H3. The Morgan fingerprint density at radius 3 is 2.67 bits per heavy atom. The Kier molecular flexibility index (Phi) is 3.94. The zero-order valence-electron chi connectivity index (χ0n) is 12.3. The van der Waals surface area contributed by atoms with Crippen LogP contribution < -0.4 is 10.5 Å². The van der Waals surface area contributed by atoms with Crippen LogP contribution in [0.1, 0.15) is 42.9 Å². The van der Waals surface area contributed by atoms with Crippen LogP contribution in [0.15, 0.2) is 17.0 Å². The number of nitrogens with two attached hydrogens (primary N) is 1. The number of sulfonamides is 1. The van der Waals surface area contributed by atoms with E-state index in [1.165, 1.54) is 0 Å². The van der Waals surface area contributed by atoms with E-state index in [0.717, 1.165) is 36.8 Å². The summed E-state index contributed by atoms with van der Waals surface area (Å²) in [5, 5.41) is 0. The van der Waals surface area contributed by atoms with Crippen LogP contribution in [-0.4, -0.2) is 32.4 Å². The van der Waals surface area contributed by atoms with Gasteiger partial charge >= 0.3 is 0 Å². The van der Waals surface area contributed by atoms with E-state index in [-0.39, 0.29) is 10.9 Å². The third-order valence-corrected chi connectivity index (χ3v) is 6.14. The highest BCUT2D eigenvalue weighted by molar-refractivity contribution is 7.89. The largest absolute Gasteiger partial charge is 0.492 e. The van der Waals surface area contributed by atoms with E-state index >= 15 is 0 Å². The molecule has 2 aliphatic rings. The normalized spacial score (nSPS) is 23.4. The maximum absolute atomic E-state index is 12.9. The van der Waals surface area contributed by atoms with E-state index in [9.17, 15) is 8.42 Å². The zero-order chi connectivity index (χ0) is 15.0. The van der Waals surface area contributed by atoms with E-state index in [2.05, 4.69) is 0 Å². The lowest BCUT2D eigenvalue weighted by atomic mass is 9.99. The molecule has 116 valence electrons. The van der Waals surface area contributed by atoms with Gasteiger partial charge in [-0.15, -0.1) is 0 Å². The minimum atomic E-state index is -3.50. The van der Waals surface area contributed by atoms with Crippen molar-refractivity contribution in [2.75, 3.05) is 19.7 Å². The monoisotopic (exact) mass is 310 g/mol. The molecule has 0 saturated carbocycles. The first-order valence-corrected chi connectivity index (χ1v) is 8.97. The summed E-state index contributed by atoms with van der Waals surface area (Å²) in [6.07, 6.45) is 3.67. The van der Waals surface area contributed by atoms with E-state index in [1.807, 2.05) is 13.0 Å². The molecule has 1 saturated heterocycles. The van der Waals surface area contributed by atoms with Gasteiger partial charge in [-0.1, -0.05) is 12.5 Å². The second kappa shape index (κ2) is 5.59. The number of benzene rings is 1. The Hall–Kier alpha value is -1.11. The van der Waals surface area contributed by atoms with Gasteiger partial charge in [0.25, 0.3) is 0 Å². The number of nitrogens with zero attached hydrogens (tertiary/aromatic N) is 1. The number of hydrogen-bond donors (Lipinski definition) is 1. The molecule has 0 aromatic heterocycles. The van der Waals surface area contributed by atoms with Crippen molar-refractivity contribution in [3.8, 4) is 5.75 Å². The van der Waals surface area contributed by atoms with Crippen molar-refractivity contribution in [2.24, 2.45) is 5.73 Å². The van der Waals surface area contributed by atoms with Crippen molar-refractivity contribution in [2.45, 2.75) is 43.5 Å². The maximum Gasteiger partial charge on any atom is 0.246 e. The summed E-state index contributed by atoms with van der Waals surface area (Å²) >= 11 is 0. The molecule has 3 rings (SSSR count). The molecule has 0 bridgehead atoms. The fourth-order valence-corrected chi connectivity index (χ4v) is 4.84. The quantitative estimate of drug-likeness (QED) is 0.906. The molecule has 1 aromatic carbocycles. The molecule has 1 fully saturated rings. The van der Waals surface area contributed by atoms with E-state index in [0.29, 0.717) is 25.4 Å². The number of piperidine rings is 1. The van der Waals surface area contributed by atoms with Crippen LogP contribution >= 0.6 is 0 Å². The smallest absolute Gasteiger partial charge is 0.246 e. The van der Waals surface area contributed by atoms with Crippen molar-refractivity contribution >= 4 is 10.0 Å². The summed E-state index contributed by atoms with van der Waals surface area (Å²) in [5.41, 5.74) is 7.84. The van der Waals surface area contributed by atoms with Gasteiger partial charge in [0.2, 0.25) is 10.0 Å². The second-order valence-corrected chi connectivity index (χ2v) is 7.80. The van der Waals surface area contributed by atoms with Gasteiger partial charge in [-0.05, 0) is 31.4 Å². The molecule has 6 heteroatoms. The topological polar surface area (TPSA) is 72.6 Å². The third kappa shape index (κ3) is 2.67. The molecular formula is C15H22N2O3S. The average Bonchev–Trinajstić information content (AvgIpc) is 2.48. The highest BCUT2D eigenvalue weighted by Gasteiger charge is 2.32. The minimum absolute atomic E-state index is 0.149. The first kappa shape index (κ1) is 14.8. The van der Waals surface area contributed by atoms with Crippen LogP contribution in [0.2, 0.25) is 0 Å². The Morgan fingerprint density at radius 1 is 1.24 bits per heavy atom. The van der Waals surface area contributed by atoms with Gasteiger partial charge in [0.15, 0.2) is 0 Å². The number of aryl methyl sites for hydroxylation is 1. The lowest BCUT2D eigenvalue weighted by Gasteiger charge is -2.30. The molecule has 1 unspecified atom stereocenters. The summed E-state index contributed by atoms with van der Waals surface area (Å²) in [7, 11) is -3.50. The highest BCUT2D eigenvalue weighted by atomic mass is 32.2. The van der Waals surface area contributed by atoms with Crippen LogP contribution in [0.4, 0.5) is 0 Å². The molecule has 2 N–H and O–H groups in total. The second-order valence-electron chi connectivity index (χ2n) is 5.89. The third-order valence-electron chi connectivity index (χ3n) is 4.24. The lowest BCUT2D eigenvalue weighted by molar-refractivity contribution is 0.259. The Balaban J connectivity index is 2.09. The first-order chi connectivity index (χ1) is 10.00. The van der Waals surface area contributed by atoms with Gasteiger partial charge in [-0.25, -0.2) is 8.42 Å². The first-order valence-electron chi connectivity index (χ1n) is 7.53. The molecular weight excluding hydrogens is 288 g/mol. The summed E-state index contributed by atoms with van der Waals surface area (Å²) in [6, 6.07) is 3.50. The van der Waals surface area contributed by atoms with Gasteiger partial charge in [0.05, 0.1) is 6.61 Å². The van der Waals surface area contributed by atoms with Crippen LogP contribution in [0.25, 0.3) is 0 Å². The Labute approximate surface area is 126 Å². The molecule has 0 amide bonds. The number of fused-ring (bicyclic) bond motifs is 1. The molecule has 21 heavy (non-hydrogen) atoms. The minimum Gasteiger partial charge on any atom is -0.492 e. The molecule has 2 aliphatic heterocycles. The van der Waals surface area contributed by atoms with Crippen LogP contribution in [-0.2, 0) is 10.0 Å². The van der Waals surface area contributed by atoms with Gasteiger partial charge in [0, 0.05) is 31.1 Å². The molecule has 0 radical (unpaired) electrons. The van der Waals surface area contributed by atoms with Crippen LogP contribution in [0.3, 0.4) is 0 Å². The molecule has 2 heterocycles. The fourth-order valence-electron chi connectivity index (χ4n) is 3.08. The molecule has 0 spiro atoms. The average molecular weight is 310 g/mol. The predicted molar refractivity (Wildman–Crippen MR) is 80.8 cm³/mol. The molecule has 5 nitrogen and oxygen atoms in total. The van der Waals surface area contributed by atoms with Crippen molar-refractivity contribution < 1.29 is 13.2 Å². The molecule has 1 atom stereocenters. The van der Waals surface area contributed by atoms with Gasteiger partial charge in [-0.3, -0.25) is 0 Å². The predicted octanol–water partition coefficient (Wildman–Crippen LogP) is 1.95. The fraction of sp³-hybridized carbons (Fsp3) is 0.600. The highest BCUT2D eigenvalue weighted by Crippen LogP contribution is 2.38. The lowest BCUT2D eigenvalue weighted by Crippen LogP contribution is -2.36. The number of rotatable bonds is 2. The van der Waals surface area contributed by atoms with E-state index < -0.39 is 10.0 Å². The van der Waals surface area contributed by atoms with Crippen LogP contribution in [0.5, 0.6) is 5.75 Å². The summed E-state index contributed by atoms with van der Waals surface area (Å²) in [5.74, 6) is 0.463. The van der Waals surface area contributed by atoms with Crippen molar-refractivity contribution in [1.29, 1.82) is 0 Å². The van der Waals surface area contributed by atoms with Gasteiger partial charge in [-0.2, -0.15) is 4.31 Å². The molecule has 1 aromatic rings. The summed E-state index contributed by atoms with van der Waals surface area (Å²) < 4.78 is 33.1. The van der Waals surface area contributed by atoms with E-state index in [4.69, 9.17) is 10.5 Å². The van der Waals surface area contributed by atoms with Gasteiger partial charge < -0.3 is 10.5 Å². The van der Waals surface area contributed by atoms with Crippen LogP contribution in [0, 0.1) is 6.92 Å². The molecule has 0 aliphatic carbocycles. The summed E-state index contributed by atoms with van der Waals surface area (Å²) in [6.45, 7) is 3.56. The number of hydrogen-bond acceptors (Lipinski definition) is 4. The zero-order valence-corrected chi connectivity index (χ0v) is 13.2. The Bertz CT molecular complexity index is 637. The van der Waals surface area contributed by atoms with Crippen molar-refractivity contribution in [1.82, 2.24) is 4.31 Å². The SMILES string of the molecule is Cc1cc2c(c(S(=O)(=O)N3CCCCC3)c1)OCCC2N.